The molecule has 0 bridgehead atoms. The summed E-state index contributed by atoms with van der Waals surface area (Å²) in [6, 6.07) is 4.40. The average Bonchev–Trinajstić information content (AvgIpc) is 2.80. The number of methoxy groups -OCH3 is 1. The third kappa shape index (κ3) is 2.95. The minimum atomic E-state index is -3.58. The monoisotopic (exact) mass is 290 g/mol. The molecule has 100 valence electrons. The number of halogens is 1. The molecule has 2 rings (SSSR count). The molecule has 1 aromatic carbocycles. The summed E-state index contributed by atoms with van der Waals surface area (Å²) >= 11 is 5.81. The Morgan fingerprint density at radius 3 is 2.89 bits per heavy atom. The van der Waals surface area contributed by atoms with Gasteiger partial charge in [0.2, 0.25) is 10.0 Å². The van der Waals surface area contributed by atoms with Crippen LogP contribution in [0.15, 0.2) is 23.1 Å². The number of sulfonamides is 1. The molecular weight excluding hydrogens is 276 g/mol. The Morgan fingerprint density at radius 2 is 2.28 bits per heavy atom. The summed E-state index contributed by atoms with van der Waals surface area (Å²) in [5, 5.41) is 3.54. The van der Waals surface area contributed by atoms with Gasteiger partial charge in [-0.05, 0) is 25.1 Å². The lowest BCUT2D eigenvalue weighted by Crippen LogP contribution is -2.36. The van der Waals surface area contributed by atoms with Crippen LogP contribution in [0.1, 0.15) is 6.42 Å². The number of ether oxygens (including phenoxy) is 1. The number of hydrogen-bond donors (Lipinski definition) is 2. The van der Waals surface area contributed by atoms with Gasteiger partial charge < -0.3 is 10.1 Å². The van der Waals surface area contributed by atoms with Gasteiger partial charge in [-0.25, -0.2) is 13.1 Å². The van der Waals surface area contributed by atoms with Crippen molar-refractivity contribution in [3.05, 3.63) is 23.2 Å². The van der Waals surface area contributed by atoms with Crippen LogP contribution >= 0.6 is 11.6 Å². The van der Waals surface area contributed by atoms with E-state index in [1.807, 2.05) is 0 Å². The van der Waals surface area contributed by atoms with Crippen LogP contribution in [0.4, 0.5) is 0 Å². The molecule has 0 saturated carbocycles. The molecule has 0 spiro atoms. The summed E-state index contributed by atoms with van der Waals surface area (Å²) in [7, 11) is -2.16. The lowest BCUT2D eigenvalue weighted by atomic mass is 10.3. The lowest BCUT2D eigenvalue weighted by Gasteiger charge is -2.14. The molecule has 0 aromatic heterocycles. The number of rotatable bonds is 4. The Bertz CT molecular complexity index is 527. The van der Waals surface area contributed by atoms with Gasteiger partial charge in [0, 0.05) is 23.7 Å². The minimum absolute atomic E-state index is 0.0737. The summed E-state index contributed by atoms with van der Waals surface area (Å²) < 4.78 is 32.1. The highest BCUT2D eigenvalue weighted by atomic mass is 35.5. The molecule has 2 N–H and O–H groups in total. The van der Waals surface area contributed by atoms with E-state index in [-0.39, 0.29) is 16.7 Å². The van der Waals surface area contributed by atoms with Gasteiger partial charge in [0.25, 0.3) is 0 Å². The van der Waals surface area contributed by atoms with Crippen molar-refractivity contribution in [1.29, 1.82) is 0 Å². The average molecular weight is 291 g/mol. The molecule has 1 saturated heterocycles. The van der Waals surface area contributed by atoms with E-state index in [2.05, 4.69) is 10.0 Å². The molecule has 1 aromatic rings. The molecule has 0 aliphatic carbocycles. The highest BCUT2D eigenvalue weighted by Gasteiger charge is 2.25. The fourth-order valence-corrected chi connectivity index (χ4v) is 3.48. The van der Waals surface area contributed by atoms with Crippen molar-refractivity contribution in [1.82, 2.24) is 10.0 Å². The molecule has 0 amide bonds. The summed E-state index contributed by atoms with van der Waals surface area (Å²) in [5.41, 5.74) is 0. The van der Waals surface area contributed by atoms with Crippen LogP contribution in [0, 0.1) is 0 Å². The van der Waals surface area contributed by atoms with Crippen LogP contribution in [-0.2, 0) is 10.0 Å². The molecule has 5 nitrogen and oxygen atoms in total. The third-order valence-corrected chi connectivity index (χ3v) is 4.59. The van der Waals surface area contributed by atoms with E-state index in [9.17, 15) is 8.42 Å². The first-order valence-corrected chi connectivity index (χ1v) is 7.45. The summed E-state index contributed by atoms with van der Waals surface area (Å²) in [4.78, 5) is 0.112. The molecule has 1 atom stereocenters. The van der Waals surface area contributed by atoms with Gasteiger partial charge in [-0.15, -0.1) is 0 Å². The number of hydrogen-bond acceptors (Lipinski definition) is 4. The molecule has 18 heavy (non-hydrogen) atoms. The topological polar surface area (TPSA) is 67.4 Å². The zero-order valence-corrected chi connectivity index (χ0v) is 11.5. The van der Waals surface area contributed by atoms with Crippen molar-refractivity contribution in [2.45, 2.75) is 17.4 Å². The first-order chi connectivity index (χ1) is 8.53. The van der Waals surface area contributed by atoms with Gasteiger partial charge in [-0.3, -0.25) is 0 Å². The Labute approximate surface area is 112 Å². The third-order valence-electron chi connectivity index (χ3n) is 2.80. The van der Waals surface area contributed by atoms with Crippen molar-refractivity contribution in [3.63, 3.8) is 0 Å². The minimum Gasteiger partial charge on any atom is -0.495 e. The largest absolute Gasteiger partial charge is 0.495 e. The second-order valence-corrected chi connectivity index (χ2v) is 6.23. The van der Waals surface area contributed by atoms with Crippen molar-refractivity contribution in [2.24, 2.45) is 0 Å². The van der Waals surface area contributed by atoms with Crippen LogP contribution in [0.25, 0.3) is 0 Å². The summed E-state index contributed by atoms with van der Waals surface area (Å²) in [6.07, 6.45) is 0.787. The van der Waals surface area contributed by atoms with Crippen molar-refractivity contribution in [3.8, 4) is 5.75 Å². The second kappa shape index (κ2) is 5.44. The van der Waals surface area contributed by atoms with E-state index in [0.29, 0.717) is 11.6 Å². The van der Waals surface area contributed by atoms with Crippen LogP contribution in [0.2, 0.25) is 5.02 Å². The predicted octanol–water partition coefficient (Wildman–Crippen LogP) is 0.989. The van der Waals surface area contributed by atoms with E-state index >= 15 is 0 Å². The Morgan fingerprint density at radius 1 is 1.50 bits per heavy atom. The van der Waals surface area contributed by atoms with Crippen LogP contribution in [0.3, 0.4) is 0 Å². The van der Waals surface area contributed by atoms with Crippen molar-refractivity contribution >= 4 is 21.6 Å². The maximum atomic E-state index is 12.2. The Hall–Kier alpha value is -0.820. The highest BCUT2D eigenvalue weighted by Crippen LogP contribution is 2.27. The first kappa shape index (κ1) is 13.6. The van der Waals surface area contributed by atoms with Crippen molar-refractivity contribution < 1.29 is 13.2 Å². The highest BCUT2D eigenvalue weighted by molar-refractivity contribution is 7.89. The van der Waals surface area contributed by atoms with Gasteiger partial charge in [0.05, 0.1) is 7.11 Å². The zero-order valence-electron chi connectivity index (χ0n) is 9.94. The SMILES string of the molecule is COc1cc(Cl)ccc1S(=O)(=O)N[C@H]1CCNC1. The predicted molar refractivity (Wildman–Crippen MR) is 69.6 cm³/mol. The molecular formula is C11H15ClN2O3S. The smallest absolute Gasteiger partial charge is 0.244 e. The standard InChI is InChI=1S/C11H15ClN2O3S/c1-17-10-6-8(12)2-3-11(10)18(15,16)14-9-4-5-13-7-9/h2-3,6,9,13-14H,4-5,7H2,1H3/t9-/m0/s1. The second-order valence-electron chi connectivity index (χ2n) is 4.11. The van der Waals surface area contributed by atoms with E-state index in [1.54, 1.807) is 0 Å². The fraction of sp³-hybridized carbons (Fsp3) is 0.455. The van der Waals surface area contributed by atoms with Gasteiger partial charge in [-0.2, -0.15) is 0 Å². The first-order valence-electron chi connectivity index (χ1n) is 5.59. The Kier molecular flexibility index (Phi) is 4.11. The molecule has 1 heterocycles. The summed E-state index contributed by atoms with van der Waals surface area (Å²) in [5.74, 6) is 0.251. The summed E-state index contributed by atoms with van der Waals surface area (Å²) in [6.45, 7) is 1.47. The van der Waals surface area contributed by atoms with Crippen LogP contribution in [0.5, 0.6) is 5.75 Å². The molecule has 0 unspecified atom stereocenters. The van der Waals surface area contributed by atoms with Gasteiger partial charge in [0.15, 0.2) is 0 Å². The molecule has 1 fully saturated rings. The normalized spacial score (nSPS) is 20.0. The van der Waals surface area contributed by atoms with E-state index < -0.39 is 10.0 Å². The quantitative estimate of drug-likeness (QED) is 0.868. The molecule has 0 radical (unpaired) electrons. The van der Waals surface area contributed by atoms with E-state index in [4.69, 9.17) is 16.3 Å². The van der Waals surface area contributed by atoms with Gasteiger partial charge in [-0.1, -0.05) is 11.6 Å². The fourth-order valence-electron chi connectivity index (χ4n) is 1.90. The molecule has 1 aliphatic rings. The number of nitrogens with one attached hydrogen (secondary N) is 2. The van der Waals surface area contributed by atoms with Gasteiger partial charge in [0.1, 0.15) is 10.6 Å². The lowest BCUT2D eigenvalue weighted by molar-refractivity contribution is 0.402. The van der Waals surface area contributed by atoms with E-state index in [0.717, 1.165) is 13.0 Å². The molecule has 7 heteroatoms. The van der Waals surface area contributed by atoms with Crippen molar-refractivity contribution in [2.75, 3.05) is 20.2 Å². The maximum Gasteiger partial charge on any atom is 0.244 e. The van der Waals surface area contributed by atoms with Crippen LogP contribution < -0.4 is 14.8 Å². The van der Waals surface area contributed by atoms with Gasteiger partial charge >= 0.3 is 0 Å². The molecule has 1 aliphatic heterocycles. The van der Waals surface area contributed by atoms with E-state index in [1.165, 1.54) is 25.3 Å². The maximum absolute atomic E-state index is 12.2. The number of benzene rings is 1. The zero-order chi connectivity index (χ0) is 13.2. The Balaban J connectivity index is 2.28. The van der Waals surface area contributed by atoms with Crippen LogP contribution in [-0.4, -0.2) is 34.7 Å².